The summed E-state index contributed by atoms with van der Waals surface area (Å²) in [5.41, 5.74) is 1.40. The lowest BCUT2D eigenvalue weighted by Crippen LogP contribution is -2.57. The zero-order chi connectivity index (χ0) is 23.9. The first-order chi connectivity index (χ1) is 16.6. The molecule has 2 amide bonds. The number of likely N-dealkylation sites (tertiary alicyclic amines) is 2. The third-order valence-electron chi connectivity index (χ3n) is 8.45. The molecule has 0 unspecified atom stereocenters. The van der Waals surface area contributed by atoms with Gasteiger partial charge in [0.05, 0.1) is 6.04 Å². The second-order valence-corrected chi connectivity index (χ2v) is 10.6. The van der Waals surface area contributed by atoms with Gasteiger partial charge in [0, 0.05) is 25.7 Å². The third kappa shape index (κ3) is 6.01. The SMILES string of the molecule is CC[C@H](NC)C(=O)N[C@H](C(=O)N1CC[C@H]2CN(CCCc3ccccc3)C[C@H]21)C1CCCCC1. The van der Waals surface area contributed by atoms with Gasteiger partial charge in [0.2, 0.25) is 11.8 Å². The third-order valence-corrected chi connectivity index (χ3v) is 8.45. The summed E-state index contributed by atoms with van der Waals surface area (Å²) < 4.78 is 0. The monoisotopic (exact) mass is 468 g/mol. The van der Waals surface area contributed by atoms with Gasteiger partial charge in [0.1, 0.15) is 6.04 Å². The number of fused-ring (bicyclic) bond motifs is 1. The first kappa shape index (κ1) is 25.2. The second-order valence-electron chi connectivity index (χ2n) is 10.6. The van der Waals surface area contributed by atoms with Crippen molar-refractivity contribution in [3.05, 3.63) is 35.9 Å². The fourth-order valence-electron chi connectivity index (χ4n) is 6.46. The zero-order valence-electron chi connectivity index (χ0n) is 21.2. The zero-order valence-corrected chi connectivity index (χ0v) is 21.2. The van der Waals surface area contributed by atoms with E-state index in [1.807, 2.05) is 14.0 Å². The Morgan fingerprint density at radius 3 is 2.53 bits per heavy atom. The lowest BCUT2D eigenvalue weighted by Gasteiger charge is -2.35. The maximum Gasteiger partial charge on any atom is 0.245 e. The summed E-state index contributed by atoms with van der Waals surface area (Å²) in [6.45, 7) is 6.02. The summed E-state index contributed by atoms with van der Waals surface area (Å²) >= 11 is 0. The molecule has 2 heterocycles. The molecule has 0 aromatic heterocycles. The number of aryl methyl sites for hydroxylation is 1. The highest BCUT2D eigenvalue weighted by molar-refractivity contribution is 5.90. The molecule has 3 fully saturated rings. The second kappa shape index (κ2) is 12.2. The first-order valence-electron chi connectivity index (χ1n) is 13.6. The number of nitrogens with zero attached hydrogens (tertiary/aromatic N) is 2. The van der Waals surface area contributed by atoms with Crippen molar-refractivity contribution in [2.24, 2.45) is 11.8 Å². The highest BCUT2D eigenvalue weighted by Gasteiger charge is 2.46. The highest BCUT2D eigenvalue weighted by atomic mass is 16.2. The van der Waals surface area contributed by atoms with Crippen molar-refractivity contribution >= 4 is 11.8 Å². The van der Waals surface area contributed by atoms with E-state index in [-0.39, 0.29) is 29.8 Å². The standard InChI is InChI=1S/C28H44N4O2/c1-3-24(29-2)27(33)30-26(22-14-8-5-9-15-22)28(34)32-18-16-23-19-31(20-25(23)32)17-10-13-21-11-6-4-7-12-21/h4,6-7,11-12,22-26,29H,3,5,8-10,13-20H2,1-2H3,(H,30,33)/t23-,24-,25+,26-/m0/s1. The van der Waals surface area contributed by atoms with Crippen molar-refractivity contribution in [2.45, 2.75) is 82.8 Å². The van der Waals surface area contributed by atoms with Crippen LogP contribution in [0.4, 0.5) is 0 Å². The topological polar surface area (TPSA) is 64.7 Å². The summed E-state index contributed by atoms with van der Waals surface area (Å²) in [5.74, 6) is 0.981. The predicted octanol–water partition coefficient (Wildman–Crippen LogP) is 3.22. The highest BCUT2D eigenvalue weighted by Crippen LogP contribution is 2.34. The Hall–Kier alpha value is -1.92. The van der Waals surface area contributed by atoms with E-state index >= 15 is 0 Å². The Balaban J connectivity index is 1.36. The molecule has 188 valence electrons. The van der Waals surface area contributed by atoms with Crippen LogP contribution < -0.4 is 10.6 Å². The van der Waals surface area contributed by atoms with Crippen LogP contribution >= 0.6 is 0 Å². The molecule has 34 heavy (non-hydrogen) atoms. The van der Waals surface area contributed by atoms with Gasteiger partial charge in [-0.25, -0.2) is 0 Å². The molecule has 6 nitrogen and oxygen atoms in total. The van der Waals surface area contributed by atoms with Crippen molar-refractivity contribution in [1.82, 2.24) is 20.4 Å². The van der Waals surface area contributed by atoms with Gasteiger partial charge >= 0.3 is 0 Å². The maximum atomic E-state index is 13.9. The van der Waals surface area contributed by atoms with Crippen molar-refractivity contribution in [3.63, 3.8) is 0 Å². The van der Waals surface area contributed by atoms with Crippen LogP contribution in [0.25, 0.3) is 0 Å². The molecule has 1 aromatic rings. The van der Waals surface area contributed by atoms with Gasteiger partial charge in [-0.2, -0.15) is 0 Å². The van der Waals surface area contributed by atoms with E-state index in [4.69, 9.17) is 0 Å². The minimum Gasteiger partial charge on any atom is -0.343 e. The summed E-state index contributed by atoms with van der Waals surface area (Å²) in [6.07, 6.45) is 9.72. The van der Waals surface area contributed by atoms with Crippen molar-refractivity contribution in [1.29, 1.82) is 0 Å². The van der Waals surface area contributed by atoms with Gasteiger partial charge in [-0.1, -0.05) is 56.5 Å². The molecule has 6 heteroatoms. The van der Waals surface area contributed by atoms with Crippen LogP contribution in [0, 0.1) is 11.8 Å². The predicted molar refractivity (Wildman–Crippen MR) is 136 cm³/mol. The van der Waals surface area contributed by atoms with Gasteiger partial charge in [0.25, 0.3) is 0 Å². The fourth-order valence-corrected chi connectivity index (χ4v) is 6.46. The Morgan fingerprint density at radius 2 is 1.82 bits per heavy atom. The summed E-state index contributed by atoms with van der Waals surface area (Å²) in [5, 5.41) is 6.30. The number of amides is 2. The smallest absolute Gasteiger partial charge is 0.245 e. The van der Waals surface area contributed by atoms with Crippen LogP contribution in [-0.4, -0.2) is 73.0 Å². The molecule has 2 saturated heterocycles. The van der Waals surface area contributed by atoms with Crippen LogP contribution in [0.3, 0.4) is 0 Å². The van der Waals surface area contributed by atoms with Crippen molar-refractivity contribution in [3.8, 4) is 0 Å². The minimum absolute atomic E-state index is 0.0290. The van der Waals surface area contributed by atoms with Crippen LogP contribution in [0.15, 0.2) is 30.3 Å². The number of carbonyl (C=O) groups excluding carboxylic acids is 2. The fraction of sp³-hybridized carbons (Fsp3) is 0.714. The molecule has 1 aromatic carbocycles. The molecule has 2 N–H and O–H groups in total. The van der Waals surface area contributed by atoms with E-state index < -0.39 is 0 Å². The van der Waals surface area contributed by atoms with E-state index in [0.29, 0.717) is 12.0 Å². The number of nitrogens with one attached hydrogen (secondary N) is 2. The molecular weight excluding hydrogens is 424 g/mol. The van der Waals surface area contributed by atoms with Gasteiger partial charge in [-0.3, -0.25) is 9.59 Å². The average molecular weight is 469 g/mol. The lowest BCUT2D eigenvalue weighted by atomic mass is 9.83. The maximum absolute atomic E-state index is 13.9. The van der Waals surface area contributed by atoms with Crippen LogP contribution in [0.2, 0.25) is 0 Å². The Morgan fingerprint density at radius 1 is 1.06 bits per heavy atom. The molecule has 4 rings (SSSR count). The van der Waals surface area contributed by atoms with E-state index in [2.05, 4.69) is 50.8 Å². The molecule has 3 aliphatic rings. The first-order valence-corrected chi connectivity index (χ1v) is 13.6. The Labute approximate surface area is 205 Å². The number of rotatable bonds is 10. The molecule has 0 bridgehead atoms. The normalized spacial score (nSPS) is 25.2. The van der Waals surface area contributed by atoms with Crippen LogP contribution in [-0.2, 0) is 16.0 Å². The quantitative estimate of drug-likeness (QED) is 0.554. The van der Waals surface area contributed by atoms with Gasteiger partial charge in [-0.05, 0) is 69.5 Å². The average Bonchev–Trinajstić information content (AvgIpc) is 3.44. The van der Waals surface area contributed by atoms with E-state index in [1.165, 1.54) is 12.0 Å². The summed E-state index contributed by atoms with van der Waals surface area (Å²) in [7, 11) is 1.82. The van der Waals surface area contributed by atoms with Gasteiger partial charge in [0.15, 0.2) is 0 Å². The minimum atomic E-state index is -0.374. The molecule has 0 radical (unpaired) electrons. The Kier molecular flexibility index (Phi) is 9.01. The molecule has 4 atom stereocenters. The lowest BCUT2D eigenvalue weighted by molar-refractivity contribution is -0.139. The number of carbonyl (C=O) groups is 2. The van der Waals surface area contributed by atoms with Crippen LogP contribution in [0.1, 0.15) is 63.9 Å². The van der Waals surface area contributed by atoms with Crippen molar-refractivity contribution in [2.75, 3.05) is 33.2 Å². The molecule has 2 aliphatic heterocycles. The molecule has 1 saturated carbocycles. The number of benzene rings is 1. The molecular formula is C28H44N4O2. The molecule has 0 spiro atoms. The number of likely N-dealkylation sites (N-methyl/N-ethyl adjacent to an activating group) is 1. The van der Waals surface area contributed by atoms with Crippen LogP contribution in [0.5, 0.6) is 0 Å². The largest absolute Gasteiger partial charge is 0.343 e. The summed E-state index contributed by atoms with van der Waals surface area (Å²) in [6, 6.07) is 10.4. The van der Waals surface area contributed by atoms with E-state index in [9.17, 15) is 9.59 Å². The van der Waals surface area contributed by atoms with E-state index in [1.54, 1.807) is 0 Å². The van der Waals surface area contributed by atoms with Gasteiger partial charge in [-0.15, -0.1) is 0 Å². The summed E-state index contributed by atoms with van der Waals surface area (Å²) in [4.78, 5) is 31.5. The Bertz CT molecular complexity index is 791. The van der Waals surface area contributed by atoms with Gasteiger partial charge < -0.3 is 20.4 Å². The molecule has 1 aliphatic carbocycles. The van der Waals surface area contributed by atoms with E-state index in [0.717, 1.165) is 77.5 Å². The van der Waals surface area contributed by atoms with Crippen molar-refractivity contribution < 1.29 is 9.59 Å². The number of hydrogen-bond acceptors (Lipinski definition) is 4. The number of hydrogen-bond donors (Lipinski definition) is 2.